The molecule has 392 valence electrons. The first-order chi connectivity index (χ1) is 41.0. The highest BCUT2D eigenvalue weighted by Crippen LogP contribution is 2.58. The quantitative estimate of drug-likeness (QED) is 0.101. The molecule has 0 amide bonds. The summed E-state index contributed by atoms with van der Waals surface area (Å²) in [6.07, 6.45) is 5.65. The minimum Gasteiger partial charge on any atom is -0.254 e. The molecular formula is C79H56N4. The summed E-state index contributed by atoms with van der Waals surface area (Å²) < 4.78 is 0. The van der Waals surface area contributed by atoms with Crippen LogP contribution in [0.1, 0.15) is 80.6 Å². The van der Waals surface area contributed by atoms with Gasteiger partial charge in [-0.15, -0.1) is 0 Å². The van der Waals surface area contributed by atoms with Crippen LogP contribution in [0.2, 0.25) is 0 Å². The van der Waals surface area contributed by atoms with Gasteiger partial charge in [-0.3, -0.25) is 9.97 Å². The maximum atomic E-state index is 5.52. The first kappa shape index (κ1) is 49.6. The monoisotopic (exact) mass is 1060 g/mol. The number of aromatic nitrogens is 4. The Morgan fingerprint density at radius 1 is 0.337 bits per heavy atom. The van der Waals surface area contributed by atoms with E-state index in [0.717, 1.165) is 90.8 Å². The number of hydrogen-bond acceptors (Lipinski definition) is 4. The van der Waals surface area contributed by atoms with Crippen molar-refractivity contribution in [3.05, 3.63) is 346 Å². The van der Waals surface area contributed by atoms with E-state index in [2.05, 4.69) is 269 Å². The lowest BCUT2D eigenvalue weighted by Gasteiger charge is -2.35. The number of aryl methyl sites for hydroxylation is 2. The molecule has 0 saturated heterocycles. The SMILES string of the molecule is CC(=C(c1ccccc1)c1ccccc1)c1ccc2c(c1)C(c1cccc(-c3ccc4c(n3)-c3ncccc3CC4)c1)(c1cccc(-c3ccc4ccc5cccnc5c4n3)c1)c1cc(C(C)=C(c3ccccc3)c3ccccc3)ccc1-2. The first-order valence-electron chi connectivity index (χ1n) is 28.7. The summed E-state index contributed by atoms with van der Waals surface area (Å²) in [5.74, 6) is 0. The average molecular weight is 1060 g/mol. The summed E-state index contributed by atoms with van der Waals surface area (Å²) in [6.45, 7) is 4.59. The van der Waals surface area contributed by atoms with E-state index in [1.165, 1.54) is 77.9 Å². The van der Waals surface area contributed by atoms with Crippen LogP contribution in [-0.2, 0) is 18.3 Å². The van der Waals surface area contributed by atoms with E-state index < -0.39 is 5.41 Å². The Hall–Kier alpha value is -10.4. The number of rotatable bonds is 10. The molecule has 13 aromatic rings. The summed E-state index contributed by atoms with van der Waals surface area (Å²) in [5, 5.41) is 2.12. The van der Waals surface area contributed by atoms with E-state index >= 15 is 0 Å². The Kier molecular flexibility index (Phi) is 12.3. The van der Waals surface area contributed by atoms with Crippen LogP contribution in [0.5, 0.6) is 0 Å². The minimum atomic E-state index is -0.865. The second-order valence-corrected chi connectivity index (χ2v) is 22.0. The van der Waals surface area contributed by atoms with Crippen LogP contribution in [0.3, 0.4) is 0 Å². The highest BCUT2D eigenvalue weighted by Gasteiger charge is 2.47. The third kappa shape index (κ3) is 8.53. The Labute approximate surface area is 484 Å². The predicted octanol–water partition coefficient (Wildman–Crippen LogP) is 19.0. The fourth-order valence-corrected chi connectivity index (χ4v) is 13.4. The number of hydrogen-bond donors (Lipinski definition) is 0. The number of benzene rings is 9. The van der Waals surface area contributed by atoms with Gasteiger partial charge in [-0.1, -0.05) is 218 Å². The van der Waals surface area contributed by atoms with Crippen LogP contribution < -0.4 is 0 Å². The van der Waals surface area contributed by atoms with E-state index in [1.54, 1.807) is 0 Å². The van der Waals surface area contributed by atoms with Crippen molar-refractivity contribution in [1.29, 1.82) is 0 Å². The number of pyridine rings is 4. The average Bonchev–Trinajstić information content (AvgIpc) is 2.07. The Bertz CT molecular complexity index is 4500. The fourth-order valence-electron chi connectivity index (χ4n) is 13.4. The van der Waals surface area contributed by atoms with Gasteiger partial charge < -0.3 is 0 Å². The molecule has 0 radical (unpaired) electrons. The number of nitrogens with zero attached hydrogens (tertiary/aromatic N) is 4. The zero-order chi connectivity index (χ0) is 55.4. The van der Waals surface area contributed by atoms with Crippen LogP contribution in [0.15, 0.2) is 279 Å². The summed E-state index contributed by atoms with van der Waals surface area (Å²) in [4.78, 5) is 20.8. The molecular weight excluding hydrogens is 1000 g/mol. The van der Waals surface area contributed by atoms with Gasteiger partial charge in [0.15, 0.2) is 0 Å². The molecule has 83 heavy (non-hydrogen) atoms. The molecule has 4 heterocycles. The Morgan fingerprint density at radius 3 is 1.34 bits per heavy atom. The van der Waals surface area contributed by atoms with Gasteiger partial charge >= 0.3 is 0 Å². The molecule has 0 fully saturated rings. The molecule has 4 heteroatoms. The van der Waals surface area contributed by atoms with Crippen molar-refractivity contribution in [2.24, 2.45) is 0 Å². The van der Waals surface area contributed by atoms with Gasteiger partial charge in [0.25, 0.3) is 0 Å². The Morgan fingerprint density at radius 2 is 0.795 bits per heavy atom. The molecule has 0 spiro atoms. The van der Waals surface area contributed by atoms with Crippen molar-refractivity contribution >= 4 is 44.1 Å². The predicted molar refractivity (Wildman–Crippen MR) is 343 cm³/mol. The van der Waals surface area contributed by atoms with Crippen LogP contribution in [0.4, 0.5) is 0 Å². The summed E-state index contributed by atoms with van der Waals surface area (Å²) >= 11 is 0. The molecule has 0 atom stereocenters. The molecule has 9 aromatic carbocycles. The normalized spacial score (nSPS) is 12.7. The zero-order valence-corrected chi connectivity index (χ0v) is 46.3. The Balaban J connectivity index is 1.03. The van der Waals surface area contributed by atoms with Gasteiger partial charge in [0, 0.05) is 34.3 Å². The van der Waals surface area contributed by atoms with E-state index in [-0.39, 0.29) is 0 Å². The molecule has 4 aromatic heterocycles. The molecule has 2 aliphatic rings. The smallest absolute Gasteiger partial charge is 0.0972 e. The molecule has 2 aliphatic carbocycles. The summed E-state index contributed by atoms with van der Waals surface area (Å²) in [5.41, 5.74) is 28.1. The van der Waals surface area contributed by atoms with Crippen LogP contribution in [0.25, 0.3) is 89.1 Å². The molecule has 0 unspecified atom stereocenters. The van der Waals surface area contributed by atoms with Gasteiger partial charge in [-0.25, -0.2) is 9.97 Å². The van der Waals surface area contributed by atoms with Crippen molar-refractivity contribution in [3.8, 4) is 45.0 Å². The minimum absolute atomic E-state index is 0.865. The van der Waals surface area contributed by atoms with E-state index in [1.807, 2.05) is 24.5 Å². The lowest BCUT2D eigenvalue weighted by atomic mass is 9.66. The zero-order valence-electron chi connectivity index (χ0n) is 46.3. The van der Waals surface area contributed by atoms with Crippen molar-refractivity contribution in [2.45, 2.75) is 32.1 Å². The molecule has 0 N–H and O–H groups in total. The lowest BCUT2D eigenvalue weighted by molar-refractivity contribution is 0.768. The largest absolute Gasteiger partial charge is 0.254 e. The van der Waals surface area contributed by atoms with Gasteiger partial charge in [0.05, 0.1) is 39.2 Å². The van der Waals surface area contributed by atoms with Crippen LogP contribution in [-0.4, -0.2) is 19.9 Å². The molecule has 15 rings (SSSR count). The molecule has 0 bridgehead atoms. The topological polar surface area (TPSA) is 51.6 Å². The molecule has 0 saturated carbocycles. The third-order valence-electron chi connectivity index (χ3n) is 17.4. The van der Waals surface area contributed by atoms with Crippen LogP contribution >= 0.6 is 0 Å². The standard InChI is InChI=1S/C79H56N4/c1-51(73(53-19-7-3-8-20-53)54-21-9-4-10-22-54)61-37-41-67-68-42-38-62(52(2)74(55-23-11-5-12-24-55)56-25-13-6-14-26-56)50-70(68)79(69(67)49-61,65-31-15-27-63(47-65)71-43-39-59-35-33-57-29-17-45-80-75(57)77(59)82-71)66-32-16-28-64(48-66)72-44-40-60-36-34-58-30-18-46-81-76(58)78(60)83-72/h3-33,35,37-50H,34,36H2,1-2H3. The maximum Gasteiger partial charge on any atom is 0.0972 e. The summed E-state index contributed by atoms with van der Waals surface area (Å²) in [6, 6.07) is 97.7. The maximum absolute atomic E-state index is 5.52. The second-order valence-electron chi connectivity index (χ2n) is 22.0. The molecule has 4 nitrogen and oxygen atoms in total. The lowest BCUT2D eigenvalue weighted by Crippen LogP contribution is -2.29. The fraction of sp³-hybridized carbons (Fsp3) is 0.0633. The summed E-state index contributed by atoms with van der Waals surface area (Å²) in [7, 11) is 0. The van der Waals surface area contributed by atoms with E-state index in [0.29, 0.717) is 0 Å². The van der Waals surface area contributed by atoms with Gasteiger partial charge in [-0.05, 0) is 175 Å². The van der Waals surface area contributed by atoms with Crippen molar-refractivity contribution < 1.29 is 0 Å². The van der Waals surface area contributed by atoms with Crippen molar-refractivity contribution in [1.82, 2.24) is 19.9 Å². The van der Waals surface area contributed by atoms with Crippen molar-refractivity contribution in [2.75, 3.05) is 0 Å². The second kappa shape index (κ2) is 20.6. The first-order valence-corrected chi connectivity index (χ1v) is 28.7. The van der Waals surface area contributed by atoms with Crippen LogP contribution in [0, 0.1) is 0 Å². The van der Waals surface area contributed by atoms with E-state index in [9.17, 15) is 0 Å². The third-order valence-corrected chi connectivity index (χ3v) is 17.4. The van der Waals surface area contributed by atoms with Gasteiger partial charge in [0.1, 0.15) is 0 Å². The van der Waals surface area contributed by atoms with E-state index in [4.69, 9.17) is 19.9 Å². The number of allylic oxidation sites excluding steroid dienone is 2. The molecule has 0 aliphatic heterocycles. The highest BCUT2D eigenvalue weighted by atomic mass is 14.8. The van der Waals surface area contributed by atoms with Gasteiger partial charge in [0.2, 0.25) is 0 Å². The van der Waals surface area contributed by atoms with Crippen molar-refractivity contribution in [3.63, 3.8) is 0 Å². The van der Waals surface area contributed by atoms with Gasteiger partial charge in [-0.2, -0.15) is 0 Å². The number of fused-ring (bicyclic) bond motifs is 9. The highest BCUT2D eigenvalue weighted by molar-refractivity contribution is 6.04.